The van der Waals surface area contributed by atoms with Crippen LogP contribution in [-0.4, -0.2) is 13.2 Å². The average molecular weight is 524 g/mol. The number of hydrogen-bond donors (Lipinski definition) is 0. The summed E-state index contributed by atoms with van der Waals surface area (Å²) in [5, 5.41) is 0. The summed E-state index contributed by atoms with van der Waals surface area (Å²) in [6.07, 6.45) is 7.29. The summed E-state index contributed by atoms with van der Waals surface area (Å²) in [4.78, 5) is 0. The average Bonchev–Trinajstić information content (AvgIpc) is 2.77. The van der Waals surface area contributed by atoms with Gasteiger partial charge >= 0.3 is 0 Å². The van der Waals surface area contributed by atoms with E-state index in [1.807, 2.05) is 0 Å². The molecule has 2 atom stereocenters. The molecule has 3 nitrogen and oxygen atoms in total. The van der Waals surface area contributed by atoms with Gasteiger partial charge in [-0.15, -0.1) is 0 Å². The van der Waals surface area contributed by atoms with Crippen LogP contribution in [0.4, 0.5) is 0 Å². The highest BCUT2D eigenvalue weighted by Gasteiger charge is 2.21. The summed E-state index contributed by atoms with van der Waals surface area (Å²) in [5.41, 5.74) is 4.94. The minimum absolute atomic E-state index is 0.179. The highest BCUT2D eigenvalue weighted by molar-refractivity contribution is 9.10. The normalized spacial score (nSPS) is 22.6. The summed E-state index contributed by atoms with van der Waals surface area (Å²) in [7, 11) is 0. The molecule has 5 heteroatoms. The second-order valence-corrected chi connectivity index (χ2v) is 9.72. The molecule has 2 aromatic carbocycles. The number of hydrogen-bond acceptors (Lipinski definition) is 3. The monoisotopic (exact) mass is 522 g/mol. The Balaban J connectivity index is 1.45. The van der Waals surface area contributed by atoms with Crippen LogP contribution in [0.2, 0.25) is 0 Å². The Bertz CT molecular complexity index is 744. The van der Waals surface area contributed by atoms with Crippen LogP contribution in [0, 0.1) is 0 Å². The SMILES string of the molecule is Brc1ccc(COCc2ccc(Br)cc2C2CCCCO2)c(C2CCCCO2)c1. The van der Waals surface area contributed by atoms with Crippen LogP contribution in [0.3, 0.4) is 0 Å². The molecule has 2 aliphatic heterocycles. The Morgan fingerprint density at radius 2 is 1.21 bits per heavy atom. The summed E-state index contributed by atoms with van der Waals surface area (Å²) >= 11 is 7.23. The van der Waals surface area contributed by atoms with Crippen molar-refractivity contribution in [2.24, 2.45) is 0 Å². The van der Waals surface area contributed by atoms with Crippen molar-refractivity contribution in [3.63, 3.8) is 0 Å². The zero-order valence-corrected chi connectivity index (χ0v) is 19.8. The predicted molar refractivity (Wildman–Crippen MR) is 122 cm³/mol. The molecule has 0 radical (unpaired) electrons. The zero-order valence-electron chi connectivity index (χ0n) is 16.7. The van der Waals surface area contributed by atoms with Crippen molar-refractivity contribution in [3.05, 3.63) is 67.6 Å². The van der Waals surface area contributed by atoms with Crippen molar-refractivity contribution in [1.82, 2.24) is 0 Å². The van der Waals surface area contributed by atoms with E-state index in [0.29, 0.717) is 13.2 Å². The lowest BCUT2D eigenvalue weighted by Crippen LogP contribution is -2.15. The van der Waals surface area contributed by atoms with Crippen molar-refractivity contribution in [2.75, 3.05) is 13.2 Å². The highest BCUT2D eigenvalue weighted by Crippen LogP contribution is 2.34. The fourth-order valence-electron chi connectivity index (χ4n) is 4.24. The van der Waals surface area contributed by atoms with Crippen LogP contribution in [0.25, 0.3) is 0 Å². The Hall–Kier alpha value is -0.720. The molecule has 4 rings (SSSR count). The van der Waals surface area contributed by atoms with Crippen molar-refractivity contribution >= 4 is 31.9 Å². The van der Waals surface area contributed by atoms with Crippen LogP contribution in [0.1, 0.15) is 73.0 Å². The van der Waals surface area contributed by atoms with Gasteiger partial charge in [0.2, 0.25) is 0 Å². The molecule has 2 heterocycles. The summed E-state index contributed by atoms with van der Waals surface area (Å²) in [5.74, 6) is 0. The van der Waals surface area contributed by atoms with E-state index >= 15 is 0 Å². The Morgan fingerprint density at radius 1 is 0.724 bits per heavy atom. The molecule has 0 N–H and O–H groups in total. The minimum Gasteiger partial charge on any atom is -0.374 e. The molecule has 0 saturated carbocycles. The van der Waals surface area contributed by atoms with E-state index in [9.17, 15) is 0 Å². The van der Waals surface area contributed by atoms with E-state index in [4.69, 9.17) is 14.2 Å². The Kier molecular flexibility index (Phi) is 7.82. The van der Waals surface area contributed by atoms with Crippen molar-refractivity contribution in [3.8, 4) is 0 Å². The molecule has 2 unspecified atom stereocenters. The van der Waals surface area contributed by atoms with Crippen molar-refractivity contribution in [2.45, 2.75) is 63.9 Å². The third-order valence-corrected chi connectivity index (χ3v) is 6.77. The highest BCUT2D eigenvalue weighted by atomic mass is 79.9. The smallest absolute Gasteiger partial charge is 0.0828 e. The fraction of sp³-hybridized carbons (Fsp3) is 0.500. The quantitative estimate of drug-likeness (QED) is 0.394. The summed E-state index contributed by atoms with van der Waals surface area (Å²) < 4.78 is 20.5. The van der Waals surface area contributed by atoms with Crippen molar-refractivity contribution in [1.29, 1.82) is 0 Å². The molecular weight excluding hydrogens is 496 g/mol. The number of halogens is 2. The van der Waals surface area contributed by atoms with Gasteiger partial charge in [0.05, 0.1) is 25.4 Å². The van der Waals surface area contributed by atoms with Gasteiger partial charge in [0, 0.05) is 22.2 Å². The zero-order chi connectivity index (χ0) is 20.1. The molecule has 156 valence electrons. The lowest BCUT2D eigenvalue weighted by molar-refractivity contribution is 0.0109. The van der Waals surface area contributed by atoms with Gasteiger partial charge in [0.25, 0.3) is 0 Å². The van der Waals surface area contributed by atoms with Gasteiger partial charge in [0.1, 0.15) is 0 Å². The molecule has 29 heavy (non-hydrogen) atoms. The first-order valence-electron chi connectivity index (χ1n) is 10.6. The summed E-state index contributed by atoms with van der Waals surface area (Å²) in [6, 6.07) is 12.9. The maximum atomic E-state index is 6.21. The third-order valence-electron chi connectivity index (χ3n) is 5.78. The van der Waals surface area contributed by atoms with Crippen LogP contribution in [0.5, 0.6) is 0 Å². The maximum Gasteiger partial charge on any atom is 0.0828 e. The van der Waals surface area contributed by atoms with Gasteiger partial charge in [-0.1, -0.05) is 44.0 Å². The number of ether oxygens (including phenoxy) is 3. The van der Waals surface area contributed by atoms with Gasteiger partial charge in [-0.3, -0.25) is 0 Å². The lowest BCUT2D eigenvalue weighted by Gasteiger charge is -2.26. The number of benzene rings is 2. The first-order chi connectivity index (χ1) is 14.2. The van der Waals surface area contributed by atoms with E-state index < -0.39 is 0 Å². The van der Waals surface area contributed by atoms with E-state index in [2.05, 4.69) is 68.3 Å². The first-order valence-corrected chi connectivity index (χ1v) is 12.2. The van der Waals surface area contributed by atoms with Gasteiger partial charge in [0.15, 0.2) is 0 Å². The second-order valence-electron chi connectivity index (χ2n) is 7.89. The van der Waals surface area contributed by atoms with Gasteiger partial charge < -0.3 is 14.2 Å². The molecule has 0 aliphatic carbocycles. The van der Waals surface area contributed by atoms with Gasteiger partial charge in [-0.05, 0) is 85.0 Å². The van der Waals surface area contributed by atoms with E-state index in [1.54, 1.807) is 0 Å². The molecule has 0 aromatic heterocycles. The second kappa shape index (κ2) is 10.5. The van der Waals surface area contributed by atoms with Crippen LogP contribution < -0.4 is 0 Å². The predicted octanol–water partition coefficient (Wildman–Crippen LogP) is 7.41. The molecule has 0 spiro atoms. The standard InChI is InChI=1S/C24H28Br2O3/c25-19-9-7-17(21(13-19)23-5-1-3-11-28-23)15-27-16-18-8-10-20(26)14-22(18)24-6-2-4-12-29-24/h7-10,13-14,23-24H,1-6,11-12,15-16H2. The molecule has 2 saturated heterocycles. The molecule has 2 aliphatic rings. The maximum absolute atomic E-state index is 6.21. The Morgan fingerprint density at radius 3 is 1.62 bits per heavy atom. The van der Waals surface area contributed by atoms with E-state index in [-0.39, 0.29) is 12.2 Å². The summed E-state index contributed by atoms with van der Waals surface area (Å²) in [6.45, 7) is 2.87. The first kappa shape index (κ1) is 21.5. The lowest BCUT2D eigenvalue weighted by atomic mass is 9.96. The fourth-order valence-corrected chi connectivity index (χ4v) is 4.99. The molecule has 0 bridgehead atoms. The third kappa shape index (κ3) is 5.71. The van der Waals surface area contributed by atoms with E-state index in [0.717, 1.165) is 47.8 Å². The van der Waals surface area contributed by atoms with E-state index in [1.165, 1.54) is 35.1 Å². The largest absolute Gasteiger partial charge is 0.374 e. The molecule has 0 amide bonds. The van der Waals surface area contributed by atoms with Gasteiger partial charge in [-0.2, -0.15) is 0 Å². The molecular formula is C24H28Br2O3. The minimum atomic E-state index is 0.179. The van der Waals surface area contributed by atoms with Crippen LogP contribution >= 0.6 is 31.9 Å². The van der Waals surface area contributed by atoms with Crippen LogP contribution in [-0.2, 0) is 27.4 Å². The van der Waals surface area contributed by atoms with Crippen LogP contribution in [0.15, 0.2) is 45.3 Å². The Labute approximate surface area is 190 Å². The number of rotatable bonds is 6. The topological polar surface area (TPSA) is 27.7 Å². The van der Waals surface area contributed by atoms with Crippen molar-refractivity contribution < 1.29 is 14.2 Å². The van der Waals surface area contributed by atoms with Gasteiger partial charge in [-0.25, -0.2) is 0 Å². The molecule has 2 fully saturated rings. The molecule has 2 aromatic rings.